The Labute approximate surface area is 75.0 Å². The second-order valence-electron chi connectivity index (χ2n) is 2.33. The Balaban J connectivity index is 3.62. The van der Waals surface area contributed by atoms with Gasteiger partial charge in [-0.25, -0.2) is 0 Å². The largest absolute Gasteiger partial charge is 0.466 e. The van der Waals surface area contributed by atoms with Crippen LogP contribution in [-0.2, 0) is 14.3 Å². The molecule has 0 aliphatic heterocycles. The molecule has 0 rings (SSSR count). The standard InChI is InChI=1S/C7H11NO5/c1-2-13-7(10)5-6(9)3-4-8(11)12/h2-5H2,1H3. The Morgan fingerprint density at radius 2 is 2.08 bits per heavy atom. The van der Waals surface area contributed by atoms with E-state index in [1.807, 2.05) is 0 Å². The van der Waals surface area contributed by atoms with Crippen LogP contribution in [0.25, 0.3) is 0 Å². The summed E-state index contributed by atoms with van der Waals surface area (Å²) in [6.07, 6.45) is -0.590. The van der Waals surface area contributed by atoms with Crippen molar-refractivity contribution in [1.29, 1.82) is 0 Å². The predicted octanol–water partition coefficient (Wildman–Crippen LogP) is 0.176. The molecule has 0 heterocycles. The van der Waals surface area contributed by atoms with Crippen molar-refractivity contribution >= 4 is 11.8 Å². The second kappa shape index (κ2) is 6.10. The second-order valence-corrected chi connectivity index (χ2v) is 2.33. The Morgan fingerprint density at radius 1 is 1.46 bits per heavy atom. The van der Waals surface area contributed by atoms with E-state index in [1.165, 1.54) is 0 Å². The number of hydrogen-bond donors (Lipinski definition) is 0. The quantitative estimate of drug-likeness (QED) is 0.257. The van der Waals surface area contributed by atoms with Crippen molar-refractivity contribution in [3.8, 4) is 0 Å². The molecule has 0 saturated carbocycles. The molecule has 0 bridgehead atoms. The van der Waals surface area contributed by atoms with Gasteiger partial charge in [-0.05, 0) is 6.92 Å². The first kappa shape index (κ1) is 11.5. The maximum Gasteiger partial charge on any atom is 0.313 e. The zero-order valence-electron chi connectivity index (χ0n) is 7.32. The maximum absolute atomic E-state index is 10.8. The average Bonchev–Trinajstić information content (AvgIpc) is 2.01. The van der Waals surface area contributed by atoms with Gasteiger partial charge < -0.3 is 4.74 Å². The Bertz CT molecular complexity index is 213. The van der Waals surface area contributed by atoms with Crippen LogP contribution < -0.4 is 0 Å². The fraction of sp³-hybridized carbons (Fsp3) is 0.714. The number of ketones is 1. The van der Waals surface area contributed by atoms with Crippen LogP contribution in [0.3, 0.4) is 0 Å². The lowest BCUT2D eigenvalue weighted by atomic mass is 10.2. The van der Waals surface area contributed by atoms with Gasteiger partial charge in [0, 0.05) is 4.92 Å². The topological polar surface area (TPSA) is 86.5 Å². The van der Waals surface area contributed by atoms with Crippen LogP contribution in [-0.4, -0.2) is 29.8 Å². The molecule has 0 aliphatic rings. The number of carbonyl (C=O) groups is 2. The van der Waals surface area contributed by atoms with Gasteiger partial charge in [0.2, 0.25) is 6.54 Å². The van der Waals surface area contributed by atoms with Crippen LogP contribution in [0.1, 0.15) is 19.8 Å². The molecule has 0 aromatic rings. The summed E-state index contributed by atoms with van der Waals surface area (Å²) >= 11 is 0. The molecule has 6 nitrogen and oxygen atoms in total. The molecule has 0 saturated heterocycles. The van der Waals surface area contributed by atoms with E-state index in [-0.39, 0.29) is 19.4 Å². The number of carbonyl (C=O) groups excluding carboxylic acids is 2. The van der Waals surface area contributed by atoms with E-state index in [1.54, 1.807) is 6.92 Å². The summed E-state index contributed by atoms with van der Waals surface area (Å²) in [6.45, 7) is 1.40. The molecule has 0 amide bonds. The number of rotatable bonds is 6. The summed E-state index contributed by atoms with van der Waals surface area (Å²) < 4.78 is 4.49. The summed E-state index contributed by atoms with van der Waals surface area (Å²) in [5, 5.41) is 9.85. The van der Waals surface area contributed by atoms with Gasteiger partial charge in [0.15, 0.2) is 5.78 Å². The lowest BCUT2D eigenvalue weighted by molar-refractivity contribution is -0.478. The average molecular weight is 189 g/mol. The molecule has 0 radical (unpaired) electrons. The fourth-order valence-corrected chi connectivity index (χ4v) is 0.677. The van der Waals surface area contributed by atoms with E-state index in [2.05, 4.69) is 4.74 Å². The molecule has 0 aromatic carbocycles. The van der Waals surface area contributed by atoms with Crippen molar-refractivity contribution in [1.82, 2.24) is 0 Å². The molecule has 0 aromatic heterocycles. The third kappa shape index (κ3) is 6.92. The van der Waals surface area contributed by atoms with Gasteiger partial charge >= 0.3 is 5.97 Å². The van der Waals surface area contributed by atoms with Crippen molar-refractivity contribution < 1.29 is 19.2 Å². The minimum absolute atomic E-state index is 0.210. The van der Waals surface area contributed by atoms with Crippen molar-refractivity contribution in [3.05, 3.63) is 10.1 Å². The third-order valence-electron chi connectivity index (χ3n) is 1.22. The van der Waals surface area contributed by atoms with Gasteiger partial charge in [-0.2, -0.15) is 0 Å². The lowest BCUT2D eigenvalue weighted by Crippen LogP contribution is -2.14. The van der Waals surface area contributed by atoms with E-state index in [9.17, 15) is 19.7 Å². The summed E-state index contributed by atoms with van der Waals surface area (Å²) in [4.78, 5) is 30.8. The summed E-state index contributed by atoms with van der Waals surface area (Å²) in [5.74, 6) is -1.09. The smallest absolute Gasteiger partial charge is 0.313 e. The summed E-state index contributed by atoms with van der Waals surface area (Å²) in [5.41, 5.74) is 0. The van der Waals surface area contributed by atoms with E-state index >= 15 is 0 Å². The van der Waals surface area contributed by atoms with Crippen LogP contribution in [0.5, 0.6) is 0 Å². The van der Waals surface area contributed by atoms with Gasteiger partial charge in [0.1, 0.15) is 6.42 Å². The Morgan fingerprint density at radius 3 is 2.54 bits per heavy atom. The molecular formula is C7H11NO5. The highest BCUT2D eigenvalue weighted by molar-refractivity contribution is 5.95. The molecular weight excluding hydrogens is 178 g/mol. The van der Waals surface area contributed by atoms with Crippen molar-refractivity contribution in [2.45, 2.75) is 19.8 Å². The van der Waals surface area contributed by atoms with Crippen LogP contribution >= 0.6 is 0 Å². The number of nitro groups is 1. The predicted molar refractivity (Wildman–Crippen MR) is 42.7 cm³/mol. The molecule has 6 heteroatoms. The number of esters is 1. The normalized spacial score (nSPS) is 9.31. The van der Waals surface area contributed by atoms with Crippen molar-refractivity contribution in [3.63, 3.8) is 0 Å². The van der Waals surface area contributed by atoms with Gasteiger partial charge in [-0.1, -0.05) is 0 Å². The van der Waals surface area contributed by atoms with Crippen LogP contribution in [0.4, 0.5) is 0 Å². The van der Waals surface area contributed by atoms with Gasteiger partial charge in [0.25, 0.3) is 0 Å². The van der Waals surface area contributed by atoms with Gasteiger partial charge in [-0.3, -0.25) is 19.7 Å². The van der Waals surface area contributed by atoms with E-state index < -0.39 is 23.2 Å². The minimum atomic E-state index is -0.629. The minimum Gasteiger partial charge on any atom is -0.466 e. The highest BCUT2D eigenvalue weighted by Crippen LogP contribution is 1.93. The first-order chi connectivity index (χ1) is 6.06. The maximum atomic E-state index is 10.8. The Hall–Kier alpha value is -1.46. The zero-order chi connectivity index (χ0) is 10.3. The van der Waals surface area contributed by atoms with Crippen molar-refractivity contribution in [2.75, 3.05) is 13.2 Å². The first-order valence-corrected chi connectivity index (χ1v) is 3.85. The molecule has 0 unspecified atom stereocenters. The molecule has 0 spiro atoms. The molecule has 0 N–H and O–H groups in total. The third-order valence-corrected chi connectivity index (χ3v) is 1.22. The van der Waals surface area contributed by atoms with Crippen LogP contribution in [0.2, 0.25) is 0 Å². The number of hydrogen-bond acceptors (Lipinski definition) is 5. The van der Waals surface area contributed by atoms with Crippen LogP contribution in [0.15, 0.2) is 0 Å². The first-order valence-electron chi connectivity index (χ1n) is 3.85. The van der Waals surface area contributed by atoms with E-state index in [0.717, 1.165) is 0 Å². The van der Waals surface area contributed by atoms with Gasteiger partial charge in [-0.15, -0.1) is 0 Å². The zero-order valence-corrected chi connectivity index (χ0v) is 7.32. The van der Waals surface area contributed by atoms with Crippen molar-refractivity contribution in [2.24, 2.45) is 0 Å². The highest BCUT2D eigenvalue weighted by Gasteiger charge is 2.12. The lowest BCUT2D eigenvalue weighted by Gasteiger charge is -1.98. The van der Waals surface area contributed by atoms with E-state index in [4.69, 9.17) is 0 Å². The molecule has 0 aliphatic carbocycles. The highest BCUT2D eigenvalue weighted by atomic mass is 16.6. The number of nitrogens with zero attached hydrogens (tertiary/aromatic N) is 1. The number of ether oxygens (including phenoxy) is 1. The molecule has 0 atom stereocenters. The fourth-order valence-electron chi connectivity index (χ4n) is 0.677. The molecule has 0 fully saturated rings. The molecule has 13 heavy (non-hydrogen) atoms. The molecule has 74 valence electrons. The number of Topliss-reactive ketones (excluding diaryl/α,β-unsaturated/α-hetero) is 1. The summed E-state index contributed by atoms with van der Waals surface area (Å²) in [7, 11) is 0. The van der Waals surface area contributed by atoms with E-state index in [0.29, 0.717) is 0 Å². The Kier molecular flexibility index (Phi) is 5.42. The summed E-state index contributed by atoms with van der Waals surface area (Å²) in [6, 6.07) is 0. The van der Waals surface area contributed by atoms with Gasteiger partial charge in [0.05, 0.1) is 13.0 Å². The SMILES string of the molecule is CCOC(=O)CC(=O)CC[N+](=O)[O-]. The van der Waals surface area contributed by atoms with Crippen LogP contribution in [0, 0.1) is 10.1 Å². The monoisotopic (exact) mass is 189 g/mol.